The van der Waals surface area contributed by atoms with Gasteiger partial charge >= 0.3 is 0 Å². The summed E-state index contributed by atoms with van der Waals surface area (Å²) in [7, 11) is 0.209. The Bertz CT molecular complexity index is 106. The molecule has 0 saturated carbocycles. The third kappa shape index (κ3) is 26.2. The molecule has 0 N–H and O–H groups in total. The van der Waals surface area contributed by atoms with Crippen molar-refractivity contribution in [1.82, 2.24) is 0 Å². The number of hydrogen-bond donors (Lipinski definition) is 0. The summed E-state index contributed by atoms with van der Waals surface area (Å²) < 4.78 is 9.25. The Morgan fingerprint density at radius 2 is 2.27 bits per heavy atom. The van der Waals surface area contributed by atoms with Crippen LogP contribution in [0.4, 0.5) is 0 Å². The normalized spacial score (nSPS) is 8.91. The third-order valence-corrected chi connectivity index (χ3v) is 2.18. The first-order valence-electron chi connectivity index (χ1n) is 3.42. The van der Waals surface area contributed by atoms with E-state index in [1.807, 2.05) is 12.6 Å². The molecule has 0 aliphatic carbocycles. The van der Waals surface area contributed by atoms with Gasteiger partial charge in [-0.3, -0.25) is 4.79 Å². The number of rotatable bonds is 3. The molecule has 0 unspecified atom stereocenters. The van der Waals surface area contributed by atoms with E-state index in [9.17, 15) is 4.79 Å². The van der Waals surface area contributed by atoms with Crippen LogP contribution in [0.1, 0.15) is 13.8 Å². The van der Waals surface area contributed by atoms with Crippen molar-refractivity contribution in [3.05, 3.63) is 12.3 Å². The van der Waals surface area contributed by atoms with Gasteiger partial charge in [-0.05, 0) is 6.92 Å². The van der Waals surface area contributed by atoms with Gasteiger partial charge in [-0.25, -0.2) is 0 Å². The summed E-state index contributed by atoms with van der Waals surface area (Å²) in [5.41, 5.74) is 1.88. The lowest BCUT2D eigenvalue weighted by Crippen LogP contribution is -1.91. The standard InChI is InChI=1S/C4H10OSi.C2H6O2Si/c1-3-5-6-4-2;1-2(3)4-5/h4H,2-3,6H2,1H3;1,5H3. The zero-order valence-electron chi connectivity index (χ0n) is 7.42. The van der Waals surface area contributed by atoms with Crippen molar-refractivity contribution in [1.29, 1.82) is 0 Å². The van der Waals surface area contributed by atoms with Gasteiger partial charge in [-0.15, -0.1) is 6.58 Å². The second-order valence-electron chi connectivity index (χ2n) is 1.64. The molecule has 0 amide bonds. The fraction of sp³-hybridized carbons (Fsp3) is 0.500. The molecule has 0 aromatic rings. The van der Waals surface area contributed by atoms with Gasteiger partial charge in [0.1, 0.15) is 0 Å². The van der Waals surface area contributed by atoms with Crippen LogP contribution in [0.25, 0.3) is 0 Å². The molecule has 0 heterocycles. The minimum absolute atomic E-state index is 0.184. The maximum Gasteiger partial charge on any atom is 0.288 e. The van der Waals surface area contributed by atoms with Crippen LogP contribution in [0.5, 0.6) is 0 Å². The van der Waals surface area contributed by atoms with Crippen LogP contribution in [-0.4, -0.2) is 32.8 Å². The molecule has 0 bridgehead atoms. The monoisotopic (exact) mass is 192 g/mol. The minimum atomic E-state index is -0.314. The number of hydrogen-bond acceptors (Lipinski definition) is 3. The molecule has 0 rings (SSSR count). The summed E-state index contributed by atoms with van der Waals surface area (Å²) in [6.45, 7) is 7.77. The van der Waals surface area contributed by atoms with Crippen molar-refractivity contribution >= 4 is 26.2 Å². The predicted molar refractivity (Wildman–Crippen MR) is 52.1 cm³/mol. The van der Waals surface area contributed by atoms with E-state index in [0.717, 1.165) is 6.61 Å². The van der Waals surface area contributed by atoms with Crippen molar-refractivity contribution in [2.24, 2.45) is 0 Å². The van der Waals surface area contributed by atoms with Crippen molar-refractivity contribution in [2.75, 3.05) is 6.61 Å². The van der Waals surface area contributed by atoms with Crippen molar-refractivity contribution < 1.29 is 13.6 Å². The minimum Gasteiger partial charge on any atom is -0.529 e. The fourth-order valence-corrected chi connectivity index (χ4v) is 0.604. The number of carbonyl (C=O) groups excluding carboxylic acids is 1. The Balaban J connectivity index is 0. The van der Waals surface area contributed by atoms with Crippen molar-refractivity contribution in [3.8, 4) is 0 Å². The summed E-state index contributed by atoms with van der Waals surface area (Å²) in [4.78, 5) is 9.62. The third-order valence-electron chi connectivity index (χ3n) is 0.727. The zero-order chi connectivity index (χ0) is 9.11. The lowest BCUT2D eigenvalue weighted by molar-refractivity contribution is -0.131. The first-order chi connectivity index (χ1) is 5.18. The summed E-state index contributed by atoms with van der Waals surface area (Å²) in [5, 5.41) is 0. The molecular formula is C6H16O3Si2. The first kappa shape index (κ1) is 13.2. The van der Waals surface area contributed by atoms with Gasteiger partial charge in [-0.2, -0.15) is 0 Å². The van der Waals surface area contributed by atoms with E-state index in [4.69, 9.17) is 4.43 Å². The van der Waals surface area contributed by atoms with Crippen LogP contribution in [-0.2, 0) is 13.6 Å². The lowest BCUT2D eigenvalue weighted by Gasteiger charge is -1.87. The maximum atomic E-state index is 9.62. The van der Waals surface area contributed by atoms with E-state index in [1.54, 1.807) is 0 Å². The van der Waals surface area contributed by atoms with Crippen molar-refractivity contribution in [2.45, 2.75) is 13.8 Å². The highest BCUT2D eigenvalue weighted by Gasteiger charge is 1.74. The van der Waals surface area contributed by atoms with Crippen molar-refractivity contribution in [3.63, 3.8) is 0 Å². The highest BCUT2D eigenvalue weighted by Crippen LogP contribution is 1.65. The Labute approximate surface area is 73.3 Å². The molecule has 0 saturated heterocycles. The molecule has 0 fully saturated rings. The molecule has 66 valence electrons. The number of carbonyl (C=O) groups is 1. The molecule has 0 spiro atoms. The largest absolute Gasteiger partial charge is 0.529 e. The van der Waals surface area contributed by atoms with Crippen LogP contribution in [0.15, 0.2) is 12.3 Å². The summed E-state index contributed by atoms with van der Waals surface area (Å²) >= 11 is 0. The Hall–Kier alpha value is -0.396. The summed E-state index contributed by atoms with van der Waals surface area (Å²) in [5.74, 6) is -0.184. The van der Waals surface area contributed by atoms with Crippen LogP contribution < -0.4 is 0 Å². The molecule has 11 heavy (non-hydrogen) atoms. The van der Waals surface area contributed by atoms with Gasteiger partial charge < -0.3 is 8.85 Å². The van der Waals surface area contributed by atoms with Gasteiger partial charge in [-0.1, -0.05) is 5.70 Å². The van der Waals surface area contributed by atoms with E-state index in [1.165, 1.54) is 6.92 Å². The average Bonchev–Trinajstić information content (AvgIpc) is 2.02. The SMILES string of the molecule is C=C[SiH2]OCC.CC(=O)O[SiH3]. The molecule has 0 radical (unpaired) electrons. The molecule has 0 aliphatic heterocycles. The highest BCUT2D eigenvalue weighted by atomic mass is 28.2. The molecule has 0 aromatic carbocycles. The smallest absolute Gasteiger partial charge is 0.288 e. The van der Waals surface area contributed by atoms with E-state index >= 15 is 0 Å². The van der Waals surface area contributed by atoms with Gasteiger partial charge in [0.15, 0.2) is 9.76 Å². The van der Waals surface area contributed by atoms with E-state index < -0.39 is 0 Å². The van der Waals surface area contributed by atoms with Crippen LogP contribution in [0, 0.1) is 0 Å². The van der Waals surface area contributed by atoms with E-state index in [2.05, 4.69) is 11.0 Å². The second-order valence-corrected chi connectivity index (χ2v) is 3.37. The van der Waals surface area contributed by atoms with E-state index in [-0.39, 0.29) is 15.7 Å². The second kappa shape index (κ2) is 12.3. The van der Waals surface area contributed by atoms with Crippen LogP contribution in [0.3, 0.4) is 0 Å². The molecule has 3 nitrogen and oxygen atoms in total. The van der Waals surface area contributed by atoms with Gasteiger partial charge in [0.25, 0.3) is 5.97 Å². The molecule has 0 atom stereocenters. The average molecular weight is 192 g/mol. The molecule has 5 heteroatoms. The predicted octanol–water partition coefficient (Wildman–Crippen LogP) is -0.920. The summed E-state index contributed by atoms with van der Waals surface area (Å²) in [6.07, 6.45) is 0. The molecule has 0 aromatic heterocycles. The van der Waals surface area contributed by atoms with Gasteiger partial charge in [0.2, 0.25) is 10.5 Å². The Morgan fingerprint density at radius 1 is 1.82 bits per heavy atom. The zero-order valence-corrected chi connectivity index (χ0v) is 10.8. The summed E-state index contributed by atoms with van der Waals surface area (Å²) in [6, 6.07) is 0. The molecular weight excluding hydrogens is 176 g/mol. The highest BCUT2D eigenvalue weighted by molar-refractivity contribution is 6.33. The van der Waals surface area contributed by atoms with Crippen LogP contribution in [0.2, 0.25) is 0 Å². The Morgan fingerprint density at radius 3 is 2.36 bits per heavy atom. The lowest BCUT2D eigenvalue weighted by atomic mass is 10.9. The quantitative estimate of drug-likeness (QED) is 0.429. The Kier molecular flexibility index (Phi) is 14.8. The van der Waals surface area contributed by atoms with Gasteiger partial charge in [0, 0.05) is 13.5 Å². The maximum absolute atomic E-state index is 9.62. The van der Waals surface area contributed by atoms with E-state index in [0.29, 0.717) is 10.5 Å². The van der Waals surface area contributed by atoms with Gasteiger partial charge in [0.05, 0.1) is 0 Å². The molecule has 0 aliphatic rings. The first-order valence-corrected chi connectivity index (χ1v) is 5.63. The van der Waals surface area contributed by atoms with Crippen LogP contribution >= 0.6 is 0 Å². The topological polar surface area (TPSA) is 35.5 Å². The fourth-order valence-electron chi connectivity index (χ4n) is 0.201.